The van der Waals surface area contributed by atoms with Gasteiger partial charge in [-0.25, -0.2) is 4.79 Å². The van der Waals surface area contributed by atoms with Crippen molar-refractivity contribution in [2.45, 2.75) is 0 Å². The minimum absolute atomic E-state index is 0.0319. The molecule has 2 nitrogen and oxygen atoms in total. The van der Waals surface area contributed by atoms with Crippen molar-refractivity contribution in [2.75, 3.05) is 0 Å². The Morgan fingerprint density at radius 1 is 1.00 bits per heavy atom. The van der Waals surface area contributed by atoms with Gasteiger partial charge in [0.2, 0.25) is 0 Å². The molecule has 0 heterocycles. The summed E-state index contributed by atoms with van der Waals surface area (Å²) >= 11 is 6.63. The minimum Gasteiger partial charge on any atom is -0.478 e. The molecule has 2 aromatic carbocycles. The summed E-state index contributed by atoms with van der Waals surface area (Å²) in [5.74, 6) is -0.935. The molecular formula is C13H9Br2O2Si+. The van der Waals surface area contributed by atoms with Gasteiger partial charge in [0.1, 0.15) is 5.19 Å². The van der Waals surface area contributed by atoms with E-state index in [0.29, 0.717) is 8.95 Å². The third-order valence-corrected chi connectivity index (χ3v) is 5.05. The summed E-state index contributed by atoms with van der Waals surface area (Å²) in [5.41, 5.74) is 0.270. The molecule has 0 aliphatic rings. The lowest BCUT2D eigenvalue weighted by molar-refractivity contribution is 0.0695. The van der Waals surface area contributed by atoms with E-state index in [-0.39, 0.29) is 15.1 Å². The number of carboxylic acids is 1. The van der Waals surface area contributed by atoms with Crippen molar-refractivity contribution in [3.05, 3.63) is 57.0 Å². The van der Waals surface area contributed by atoms with E-state index in [0.717, 1.165) is 5.19 Å². The second kappa shape index (κ2) is 5.82. The highest BCUT2D eigenvalue weighted by Gasteiger charge is 2.19. The summed E-state index contributed by atoms with van der Waals surface area (Å²) in [6.45, 7) is 0. The van der Waals surface area contributed by atoms with Crippen LogP contribution in [0.25, 0.3) is 0 Å². The Morgan fingerprint density at radius 2 is 1.56 bits per heavy atom. The first-order valence-electron chi connectivity index (χ1n) is 5.20. The van der Waals surface area contributed by atoms with Crippen LogP contribution in [0.3, 0.4) is 0 Å². The quantitative estimate of drug-likeness (QED) is 0.824. The van der Waals surface area contributed by atoms with Crippen LogP contribution in [0.4, 0.5) is 0 Å². The molecule has 0 unspecified atom stereocenters. The zero-order valence-electron chi connectivity index (χ0n) is 9.23. The van der Waals surface area contributed by atoms with E-state index in [1.165, 1.54) is 5.19 Å². The van der Waals surface area contributed by atoms with Gasteiger partial charge >= 0.3 is 15.5 Å². The van der Waals surface area contributed by atoms with E-state index < -0.39 is 5.97 Å². The number of benzene rings is 2. The molecule has 5 heteroatoms. The summed E-state index contributed by atoms with van der Waals surface area (Å²) in [7, 11) is -0.0319. The second-order valence-corrected chi connectivity index (χ2v) is 7.05. The van der Waals surface area contributed by atoms with Crippen LogP contribution in [-0.2, 0) is 0 Å². The zero-order chi connectivity index (χ0) is 13.1. The molecule has 0 spiro atoms. The van der Waals surface area contributed by atoms with Crippen molar-refractivity contribution in [3.63, 3.8) is 0 Å². The largest absolute Gasteiger partial charge is 0.478 e. The Kier molecular flexibility index (Phi) is 4.37. The normalized spacial score (nSPS) is 10.1. The maximum absolute atomic E-state index is 11.1. The fourth-order valence-electron chi connectivity index (χ4n) is 1.62. The maximum atomic E-state index is 11.1. The minimum atomic E-state index is -0.935. The van der Waals surface area contributed by atoms with Crippen LogP contribution >= 0.6 is 31.9 Å². The molecule has 0 saturated heterocycles. The highest BCUT2D eigenvalue weighted by Crippen LogP contribution is 2.23. The number of rotatable bonds is 3. The molecule has 0 aliphatic carbocycles. The average Bonchev–Trinajstić information content (AvgIpc) is 2.28. The van der Waals surface area contributed by atoms with Gasteiger partial charge in [0, 0.05) is 8.95 Å². The molecule has 90 valence electrons. The highest BCUT2D eigenvalue weighted by atomic mass is 79.9. The van der Waals surface area contributed by atoms with Gasteiger partial charge in [0.25, 0.3) is 0 Å². The third-order valence-electron chi connectivity index (χ3n) is 2.41. The number of halogens is 2. The average molecular weight is 385 g/mol. The van der Waals surface area contributed by atoms with Crippen LogP contribution in [0.5, 0.6) is 0 Å². The van der Waals surface area contributed by atoms with Crippen molar-refractivity contribution < 1.29 is 9.90 Å². The Morgan fingerprint density at radius 3 is 2.06 bits per heavy atom. The van der Waals surface area contributed by atoms with Gasteiger partial charge < -0.3 is 5.11 Å². The lowest BCUT2D eigenvalue weighted by Crippen LogP contribution is -2.27. The first kappa shape index (κ1) is 13.5. The monoisotopic (exact) mass is 383 g/mol. The van der Waals surface area contributed by atoms with Crippen LogP contribution in [0.1, 0.15) is 10.4 Å². The number of hydrogen-bond acceptors (Lipinski definition) is 1. The predicted molar refractivity (Wildman–Crippen MR) is 81.7 cm³/mol. The van der Waals surface area contributed by atoms with Crippen molar-refractivity contribution in [2.24, 2.45) is 0 Å². The highest BCUT2D eigenvalue weighted by molar-refractivity contribution is 9.11. The summed E-state index contributed by atoms with van der Waals surface area (Å²) in [6, 6.07) is 14.0. The molecular weight excluding hydrogens is 376 g/mol. The predicted octanol–water partition coefficient (Wildman–Crippen LogP) is 2.30. The topological polar surface area (TPSA) is 37.3 Å². The van der Waals surface area contributed by atoms with Crippen LogP contribution < -0.4 is 10.4 Å². The van der Waals surface area contributed by atoms with E-state index in [9.17, 15) is 4.79 Å². The molecule has 0 saturated carbocycles. The lowest BCUT2D eigenvalue weighted by atomic mass is 10.2. The fraction of sp³-hybridized carbons (Fsp3) is 0. The van der Waals surface area contributed by atoms with E-state index in [4.69, 9.17) is 5.11 Å². The summed E-state index contributed by atoms with van der Waals surface area (Å²) in [5, 5.41) is 11.5. The summed E-state index contributed by atoms with van der Waals surface area (Å²) < 4.78 is 1.23. The van der Waals surface area contributed by atoms with Crippen LogP contribution in [0.15, 0.2) is 51.4 Å². The van der Waals surface area contributed by atoms with Crippen molar-refractivity contribution >= 4 is 57.7 Å². The molecule has 0 aromatic heterocycles. The fourth-order valence-corrected chi connectivity index (χ4v) is 4.97. The van der Waals surface area contributed by atoms with Gasteiger partial charge in [-0.1, -0.05) is 18.2 Å². The molecule has 2 aromatic rings. The first-order valence-corrected chi connectivity index (χ1v) is 7.94. The molecule has 0 fully saturated rings. The smallest absolute Gasteiger partial charge is 0.375 e. The van der Waals surface area contributed by atoms with Gasteiger partial charge in [-0.05, 0) is 56.1 Å². The molecule has 0 atom stereocenters. The van der Waals surface area contributed by atoms with Crippen LogP contribution in [0, 0.1) is 0 Å². The molecule has 0 radical (unpaired) electrons. The Bertz CT molecular complexity index is 562. The zero-order valence-corrected chi connectivity index (χ0v) is 13.6. The molecule has 0 aliphatic heterocycles. The first-order chi connectivity index (χ1) is 8.58. The van der Waals surface area contributed by atoms with Gasteiger partial charge in [0.05, 0.1) is 10.8 Å². The van der Waals surface area contributed by atoms with E-state index in [1.54, 1.807) is 0 Å². The van der Waals surface area contributed by atoms with Crippen molar-refractivity contribution in [3.8, 4) is 0 Å². The standard InChI is InChI=1S/C13H8Br2O2Si/c14-10-6-9(7-11(15)12(10)13(16)17)18-8-4-2-1-3-5-8/h1-7,18H/p+1. The Labute approximate surface area is 124 Å². The van der Waals surface area contributed by atoms with Gasteiger partial charge in [-0.2, -0.15) is 0 Å². The van der Waals surface area contributed by atoms with Crippen molar-refractivity contribution in [1.29, 1.82) is 0 Å². The molecule has 0 bridgehead atoms. The van der Waals surface area contributed by atoms with Gasteiger partial charge in [-0.15, -0.1) is 0 Å². The molecule has 18 heavy (non-hydrogen) atoms. The number of hydrogen-bond donors (Lipinski definition) is 1. The second-order valence-electron chi connectivity index (χ2n) is 3.72. The number of carboxylic acid groups (broad SMARTS) is 1. The van der Waals surface area contributed by atoms with Crippen LogP contribution in [-0.4, -0.2) is 20.6 Å². The van der Waals surface area contributed by atoms with Crippen LogP contribution in [0.2, 0.25) is 0 Å². The SMILES string of the molecule is O=C(O)c1c(Br)cc([SiH+]c2ccccc2)cc1Br. The van der Waals surface area contributed by atoms with Gasteiger partial charge in [-0.3, -0.25) is 0 Å². The molecule has 1 N–H and O–H groups in total. The Hall–Kier alpha value is -0.913. The number of aromatic carboxylic acids is 1. The lowest BCUT2D eigenvalue weighted by Gasteiger charge is -2.02. The van der Waals surface area contributed by atoms with Gasteiger partial charge in [0.15, 0.2) is 0 Å². The maximum Gasteiger partial charge on any atom is 0.375 e. The number of carbonyl (C=O) groups is 1. The van der Waals surface area contributed by atoms with Crippen molar-refractivity contribution in [1.82, 2.24) is 0 Å². The summed E-state index contributed by atoms with van der Waals surface area (Å²) in [6.07, 6.45) is 0. The third kappa shape index (κ3) is 3.10. The van der Waals surface area contributed by atoms with E-state index in [2.05, 4.69) is 44.0 Å². The van der Waals surface area contributed by atoms with E-state index >= 15 is 0 Å². The molecule has 0 amide bonds. The molecule has 2 rings (SSSR count). The Balaban J connectivity index is 2.34. The van der Waals surface area contributed by atoms with E-state index in [1.807, 2.05) is 30.3 Å². The summed E-state index contributed by atoms with van der Waals surface area (Å²) in [4.78, 5) is 11.1.